The van der Waals surface area contributed by atoms with E-state index in [-0.39, 0.29) is 11.6 Å². The monoisotopic (exact) mass is 423 g/mol. The van der Waals surface area contributed by atoms with E-state index in [0.29, 0.717) is 20.8 Å². The maximum Gasteiger partial charge on any atom is 0.269 e. The van der Waals surface area contributed by atoms with Crippen LogP contribution in [0.5, 0.6) is 5.88 Å². The van der Waals surface area contributed by atoms with E-state index in [2.05, 4.69) is 10.2 Å². The van der Waals surface area contributed by atoms with Crippen LogP contribution in [0.25, 0.3) is 16.9 Å². The van der Waals surface area contributed by atoms with Crippen LogP contribution in [-0.4, -0.2) is 30.7 Å². The van der Waals surface area contributed by atoms with Crippen molar-refractivity contribution in [2.75, 3.05) is 0 Å². The maximum absolute atomic E-state index is 10.9. The van der Waals surface area contributed by atoms with Crippen LogP contribution in [0.3, 0.4) is 0 Å². The number of para-hydroxylation sites is 1. The number of hydrogen-bond acceptors (Lipinski definition) is 7. The number of nitro groups is 1. The lowest BCUT2D eigenvalue weighted by Crippen LogP contribution is -1.94. The molecule has 0 aliphatic carbocycles. The SMILES string of the molecule is O=[N+]([O-])c1ccc(-c2nn(-c3ccccc3)cc2C=Nn2c(O)csc2=S)cc1. The van der Waals surface area contributed by atoms with E-state index in [1.54, 1.807) is 29.2 Å². The quantitative estimate of drug-likeness (QED) is 0.218. The molecule has 0 saturated carbocycles. The van der Waals surface area contributed by atoms with Gasteiger partial charge in [0.05, 0.1) is 22.2 Å². The Morgan fingerprint density at radius 1 is 1.17 bits per heavy atom. The van der Waals surface area contributed by atoms with Crippen molar-refractivity contribution in [2.24, 2.45) is 5.10 Å². The predicted octanol–water partition coefficient (Wildman–Crippen LogP) is 4.63. The average Bonchev–Trinajstić information content (AvgIpc) is 3.30. The smallest absolute Gasteiger partial charge is 0.269 e. The van der Waals surface area contributed by atoms with Crippen LogP contribution in [0.2, 0.25) is 0 Å². The lowest BCUT2D eigenvalue weighted by Gasteiger charge is -2.00. The highest BCUT2D eigenvalue weighted by Gasteiger charge is 2.13. The summed E-state index contributed by atoms with van der Waals surface area (Å²) >= 11 is 6.36. The minimum absolute atomic E-state index is 0.000888. The van der Waals surface area contributed by atoms with Gasteiger partial charge in [-0.05, 0) is 36.5 Å². The van der Waals surface area contributed by atoms with Crippen molar-refractivity contribution in [3.05, 3.63) is 85.8 Å². The van der Waals surface area contributed by atoms with Gasteiger partial charge < -0.3 is 5.11 Å². The highest BCUT2D eigenvalue weighted by molar-refractivity contribution is 7.73. The molecule has 144 valence electrons. The van der Waals surface area contributed by atoms with Crippen molar-refractivity contribution in [1.29, 1.82) is 0 Å². The Morgan fingerprint density at radius 3 is 2.52 bits per heavy atom. The van der Waals surface area contributed by atoms with Crippen molar-refractivity contribution in [3.63, 3.8) is 0 Å². The Labute approximate surface area is 173 Å². The fourth-order valence-corrected chi connectivity index (χ4v) is 3.51. The molecule has 0 spiro atoms. The van der Waals surface area contributed by atoms with Crippen LogP contribution < -0.4 is 0 Å². The minimum atomic E-state index is -0.449. The molecule has 8 nitrogen and oxygen atoms in total. The molecule has 0 unspecified atom stereocenters. The van der Waals surface area contributed by atoms with Gasteiger partial charge in [0.15, 0.2) is 3.95 Å². The topological polar surface area (TPSA) is 98.5 Å². The number of benzene rings is 2. The molecule has 0 aliphatic rings. The van der Waals surface area contributed by atoms with Crippen LogP contribution in [0.15, 0.2) is 71.3 Å². The Kier molecular flexibility index (Phi) is 5.02. The van der Waals surface area contributed by atoms with E-state index in [1.165, 1.54) is 33.5 Å². The molecule has 0 fully saturated rings. The van der Waals surface area contributed by atoms with Gasteiger partial charge in [-0.25, -0.2) is 4.68 Å². The largest absolute Gasteiger partial charge is 0.493 e. The second-order valence-corrected chi connectivity index (χ2v) is 7.44. The highest BCUT2D eigenvalue weighted by atomic mass is 32.1. The Balaban J connectivity index is 1.81. The van der Waals surface area contributed by atoms with Gasteiger partial charge >= 0.3 is 0 Å². The Hall–Kier alpha value is -3.63. The van der Waals surface area contributed by atoms with Crippen molar-refractivity contribution in [1.82, 2.24) is 14.5 Å². The summed E-state index contributed by atoms with van der Waals surface area (Å²) in [4.78, 5) is 10.5. The summed E-state index contributed by atoms with van der Waals surface area (Å²) in [5, 5.41) is 31.2. The van der Waals surface area contributed by atoms with Crippen molar-refractivity contribution >= 4 is 35.5 Å². The van der Waals surface area contributed by atoms with Gasteiger partial charge in [0.25, 0.3) is 5.69 Å². The molecule has 0 aliphatic heterocycles. The molecule has 4 rings (SSSR count). The molecule has 0 amide bonds. The zero-order valence-electron chi connectivity index (χ0n) is 14.7. The first-order chi connectivity index (χ1) is 14.0. The van der Waals surface area contributed by atoms with Gasteiger partial charge in [-0.2, -0.15) is 14.9 Å². The van der Waals surface area contributed by atoms with Gasteiger partial charge in [-0.3, -0.25) is 10.1 Å². The normalized spacial score (nSPS) is 11.2. The van der Waals surface area contributed by atoms with Gasteiger partial charge in [0.2, 0.25) is 5.88 Å². The Morgan fingerprint density at radius 2 is 1.90 bits per heavy atom. The third-order valence-electron chi connectivity index (χ3n) is 4.08. The zero-order chi connectivity index (χ0) is 20.4. The number of thiazole rings is 1. The zero-order valence-corrected chi connectivity index (χ0v) is 16.4. The van der Waals surface area contributed by atoms with Crippen molar-refractivity contribution in [2.45, 2.75) is 0 Å². The molecule has 1 N–H and O–H groups in total. The Bertz CT molecular complexity index is 1260. The van der Waals surface area contributed by atoms with Crippen LogP contribution in [-0.2, 0) is 0 Å². The van der Waals surface area contributed by atoms with E-state index < -0.39 is 4.92 Å². The number of non-ortho nitro benzene ring substituents is 1. The second kappa shape index (κ2) is 7.78. The van der Waals surface area contributed by atoms with Crippen LogP contribution in [0, 0.1) is 14.1 Å². The van der Waals surface area contributed by atoms with E-state index in [4.69, 9.17) is 12.2 Å². The molecule has 29 heavy (non-hydrogen) atoms. The summed E-state index contributed by atoms with van der Waals surface area (Å²) in [5.74, 6) is -0.0522. The summed E-state index contributed by atoms with van der Waals surface area (Å²) in [6.45, 7) is 0. The van der Waals surface area contributed by atoms with E-state index in [9.17, 15) is 15.2 Å². The first-order valence-electron chi connectivity index (χ1n) is 8.37. The van der Waals surface area contributed by atoms with Gasteiger partial charge in [0.1, 0.15) is 5.69 Å². The lowest BCUT2D eigenvalue weighted by atomic mass is 10.1. The first kappa shape index (κ1) is 18.7. The molecule has 0 saturated heterocycles. The molecule has 4 aromatic rings. The summed E-state index contributed by atoms with van der Waals surface area (Å²) < 4.78 is 3.36. The number of aromatic nitrogens is 3. The number of nitro benzene ring substituents is 1. The molecule has 0 radical (unpaired) electrons. The standard InChI is InChI=1S/C19H13N5O3S2/c25-17-12-29-19(28)23(17)20-10-14-11-22(15-4-2-1-3-5-15)21-18(14)13-6-8-16(9-7-13)24(26)27/h1-12,25H. The van der Waals surface area contributed by atoms with Gasteiger partial charge in [-0.1, -0.05) is 18.2 Å². The fourth-order valence-electron chi connectivity index (χ4n) is 2.68. The summed E-state index contributed by atoms with van der Waals surface area (Å²) in [6.07, 6.45) is 3.34. The van der Waals surface area contributed by atoms with Gasteiger partial charge in [-0.15, -0.1) is 11.3 Å². The van der Waals surface area contributed by atoms with E-state index in [1.807, 2.05) is 30.3 Å². The predicted molar refractivity (Wildman–Crippen MR) is 113 cm³/mol. The third-order valence-corrected chi connectivity index (χ3v) is 5.25. The van der Waals surface area contributed by atoms with E-state index in [0.717, 1.165) is 5.69 Å². The first-order valence-corrected chi connectivity index (χ1v) is 9.65. The number of rotatable bonds is 5. The summed E-state index contributed by atoms with van der Waals surface area (Å²) in [5.41, 5.74) is 2.81. The second-order valence-electron chi connectivity index (χ2n) is 5.93. The number of aromatic hydroxyl groups is 1. The van der Waals surface area contributed by atoms with Crippen LogP contribution in [0.1, 0.15) is 5.56 Å². The molecule has 2 heterocycles. The molecular formula is C19H13N5O3S2. The molecule has 0 atom stereocenters. The minimum Gasteiger partial charge on any atom is -0.493 e. The van der Waals surface area contributed by atoms with Crippen molar-refractivity contribution in [3.8, 4) is 22.8 Å². The summed E-state index contributed by atoms with van der Waals surface area (Å²) in [7, 11) is 0. The molecule has 0 bridgehead atoms. The summed E-state index contributed by atoms with van der Waals surface area (Å²) in [6, 6.07) is 15.7. The van der Waals surface area contributed by atoms with E-state index >= 15 is 0 Å². The molecule has 2 aromatic carbocycles. The number of nitrogens with zero attached hydrogens (tertiary/aromatic N) is 5. The lowest BCUT2D eigenvalue weighted by molar-refractivity contribution is -0.384. The third kappa shape index (κ3) is 3.84. The molecule has 10 heteroatoms. The molecule has 2 aromatic heterocycles. The van der Waals surface area contributed by atoms with Crippen LogP contribution in [0.4, 0.5) is 5.69 Å². The number of hydrogen-bond donors (Lipinski definition) is 1. The molecular weight excluding hydrogens is 410 g/mol. The fraction of sp³-hybridized carbons (Fsp3) is 0. The van der Waals surface area contributed by atoms with Crippen LogP contribution >= 0.6 is 23.6 Å². The van der Waals surface area contributed by atoms with Crippen molar-refractivity contribution < 1.29 is 10.0 Å². The van der Waals surface area contributed by atoms with Gasteiger partial charge in [0, 0.05) is 29.5 Å². The average molecular weight is 423 g/mol. The highest BCUT2D eigenvalue weighted by Crippen LogP contribution is 2.25. The maximum atomic E-state index is 10.9.